The van der Waals surface area contributed by atoms with E-state index in [9.17, 15) is 18.0 Å². The Morgan fingerprint density at radius 1 is 0.737 bits per heavy atom. The molecule has 0 fully saturated rings. The molecule has 0 aromatic heterocycles. The second kappa shape index (κ2) is 11.7. The van der Waals surface area contributed by atoms with Crippen LogP contribution in [0.25, 0.3) is 0 Å². The summed E-state index contributed by atoms with van der Waals surface area (Å²) in [4.78, 5) is 26.2. The number of benzene rings is 4. The smallest absolute Gasteiger partial charge is 0.264 e. The molecule has 0 aliphatic carbocycles. The molecule has 0 radical (unpaired) electrons. The van der Waals surface area contributed by atoms with Crippen LogP contribution in [0.1, 0.15) is 27.0 Å². The molecule has 0 saturated heterocycles. The topological polar surface area (TPSA) is 95.6 Å². The van der Waals surface area contributed by atoms with Gasteiger partial charge in [0.25, 0.3) is 15.9 Å². The maximum atomic E-state index is 13.6. The van der Waals surface area contributed by atoms with Gasteiger partial charge in [0.2, 0.25) is 5.91 Å². The highest BCUT2D eigenvalue weighted by Gasteiger charge is 2.27. The molecular weight excluding hydrogens is 498 g/mol. The van der Waals surface area contributed by atoms with E-state index in [0.29, 0.717) is 17.9 Å². The number of hydrogen-bond donors (Lipinski definition) is 2. The minimum Gasteiger partial charge on any atom is -0.348 e. The summed E-state index contributed by atoms with van der Waals surface area (Å²) >= 11 is 0. The zero-order valence-corrected chi connectivity index (χ0v) is 22.0. The Hall–Kier alpha value is -4.43. The largest absolute Gasteiger partial charge is 0.348 e. The first-order valence-electron chi connectivity index (χ1n) is 12.1. The van der Waals surface area contributed by atoms with Crippen LogP contribution in [0.3, 0.4) is 0 Å². The van der Waals surface area contributed by atoms with Crippen molar-refractivity contribution in [2.45, 2.75) is 25.3 Å². The third-order valence-corrected chi connectivity index (χ3v) is 7.75. The molecule has 0 heterocycles. The number of rotatable bonds is 9. The highest BCUT2D eigenvalue weighted by atomic mass is 32.2. The fraction of sp³-hybridized carbons (Fsp3) is 0.133. The molecule has 194 valence electrons. The van der Waals surface area contributed by atoms with Crippen molar-refractivity contribution in [2.75, 3.05) is 16.2 Å². The predicted molar refractivity (Wildman–Crippen MR) is 150 cm³/mol. The summed E-state index contributed by atoms with van der Waals surface area (Å²) in [6.07, 6.45) is 0. The number of hydrogen-bond acceptors (Lipinski definition) is 4. The quantitative estimate of drug-likeness (QED) is 0.318. The first kappa shape index (κ1) is 26.6. The molecular formula is C30H29N3O4S. The third-order valence-electron chi connectivity index (χ3n) is 5.96. The van der Waals surface area contributed by atoms with Crippen molar-refractivity contribution in [1.82, 2.24) is 5.32 Å². The molecule has 2 N–H and O–H groups in total. The van der Waals surface area contributed by atoms with Gasteiger partial charge >= 0.3 is 0 Å². The van der Waals surface area contributed by atoms with Crippen molar-refractivity contribution < 1.29 is 18.0 Å². The van der Waals surface area contributed by atoms with Crippen LogP contribution in [0.5, 0.6) is 0 Å². The molecule has 0 saturated carbocycles. The Labute approximate surface area is 223 Å². The molecule has 4 aromatic carbocycles. The van der Waals surface area contributed by atoms with E-state index in [2.05, 4.69) is 10.6 Å². The first-order valence-corrected chi connectivity index (χ1v) is 13.5. The maximum absolute atomic E-state index is 13.6. The number of aryl methyl sites for hydroxylation is 2. The van der Waals surface area contributed by atoms with Gasteiger partial charge in [-0.25, -0.2) is 8.42 Å². The zero-order valence-electron chi connectivity index (χ0n) is 21.2. The molecule has 0 spiro atoms. The van der Waals surface area contributed by atoms with Crippen LogP contribution in [0, 0.1) is 13.8 Å². The van der Waals surface area contributed by atoms with Crippen molar-refractivity contribution >= 4 is 33.2 Å². The SMILES string of the molecule is Cc1ccc(N(CC(=O)Nc2ccccc2C(=O)NCc2ccccc2)S(=O)(=O)c2ccc(C)cc2)cc1. The van der Waals surface area contributed by atoms with Crippen LogP contribution in [0.15, 0.2) is 108 Å². The summed E-state index contributed by atoms with van der Waals surface area (Å²) in [6.45, 7) is 3.63. The van der Waals surface area contributed by atoms with Crippen LogP contribution in [0.4, 0.5) is 11.4 Å². The minimum atomic E-state index is -4.04. The molecule has 7 nitrogen and oxygen atoms in total. The standard InChI is InChI=1S/C30H29N3O4S/c1-22-12-16-25(17-13-22)33(38(36,37)26-18-14-23(2)15-19-26)21-29(34)32-28-11-7-6-10-27(28)30(35)31-20-24-8-4-3-5-9-24/h3-19H,20-21H2,1-2H3,(H,31,35)(H,32,34). The second-order valence-electron chi connectivity index (χ2n) is 8.92. The van der Waals surface area contributed by atoms with Gasteiger partial charge in [0.05, 0.1) is 21.8 Å². The Morgan fingerprint density at radius 3 is 1.97 bits per heavy atom. The van der Waals surface area contributed by atoms with Crippen LogP contribution in [-0.2, 0) is 21.4 Å². The number of carbonyl (C=O) groups excluding carboxylic acids is 2. The average molecular weight is 528 g/mol. The van der Waals surface area contributed by atoms with Crippen LogP contribution in [0.2, 0.25) is 0 Å². The monoisotopic (exact) mass is 527 g/mol. The Morgan fingerprint density at radius 2 is 1.32 bits per heavy atom. The van der Waals surface area contributed by atoms with Gasteiger partial charge in [-0.2, -0.15) is 0 Å². The molecule has 8 heteroatoms. The Kier molecular flexibility index (Phi) is 8.23. The summed E-state index contributed by atoms with van der Waals surface area (Å²) < 4.78 is 28.3. The van der Waals surface area contributed by atoms with Crippen LogP contribution < -0.4 is 14.9 Å². The highest BCUT2D eigenvalue weighted by molar-refractivity contribution is 7.92. The van der Waals surface area contributed by atoms with E-state index in [1.165, 1.54) is 12.1 Å². The summed E-state index contributed by atoms with van der Waals surface area (Å²) in [7, 11) is -4.04. The van der Waals surface area contributed by atoms with Gasteiger partial charge in [-0.1, -0.05) is 77.9 Å². The summed E-state index contributed by atoms with van der Waals surface area (Å²) in [5, 5.41) is 5.58. The van der Waals surface area contributed by atoms with E-state index in [0.717, 1.165) is 21.0 Å². The fourth-order valence-corrected chi connectivity index (χ4v) is 5.27. The van der Waals surface area contributed by atoms with E-state index >= 15 is 0 Å². The molecule has 2 amide bonds. The van der Waals surface area contributed by atoms with Gasteiger partial charge in [0, 0.05) is 6.54 Å². The van der Waals surface area contributed by atoms with E-state index < -0.39 is 22.5 Å². The van der Waals surface area contributed by atoms with E-state index in [1.807, 2.05) is 44.2 Å². The first-order chi connectivity index (χ1) is 18.2. The van der Waals surface area contributed by atoms with Crippen molar-refractivity contribution in [1.29, 1.82) is 0 Å². The van der Waals surface area contributed by atoms with Gasteiger partial charge in [-0.3, -0.25) is 13.9 Å². The predicted octanol–water partition coefficient (Wildman–Crippen LogP) is 5.07. The molecule has 0 aliphatic rings. The molecule has 0 aliphatic heterocycles. The molecule has 4 rings (SSSR count). The number of para-hydroxylation sites is 1. The summed E-state index contributed by atoms with van der Waals surface area (Å²) in [5.74, 6) is -0.933. The van der Waals surface area contributed by atoms with Crippen molar-refractivity contribution in [3.8, 4) is 0 Å². The molecule has 4 aromatic rings. The lowest BCUT2D eigenvalue weighted by atomic mass is 10.1. The molecule has 38 heavy (non-hydrogen) atoms. The molecule has 0 bridgehead atoms. The summed E-state index contributed by atoms with van der Waals surface area (Å²) in [6, 6.07) is 29.5. The summed E-state index contributed by atoms with van der Waals surface area (Å²) in [5.41, 5.74) is 3.75. The van der Waals surface area contributed by atoms with Crippen molar-refractivity contribution in [2.24, 2.45) is 0 Å². The van der Waals surface area contributed by atoms with E-state index in [1.54, 1.807) is 60.7 Å². The van der Waals surface area contributed by atoms with Crippen LogP contribution >= 0.6 is 0 Å². The third kappa shape index (κ3) is 6.46. The number of nitrogens with zero attached hydrogens (tertiary/aromatic N) is 1. The van der Waals surface area contributed by atoms with Gasteiger partial charge in [-0.15, -0.1) is 0 Å². The highest BCUT2D eigenvalue weighted by Crippen LogP contribution is 2.25. The molecule has 0 unspecified atom stereocenters. The van der Waals surface area contributed by atoms with E-state index in [-0.39, 0.29) is 16.4 Å². The number of anilines is 2. The van der Waals surface area contributed by atoms with E-state index in [4.69, 9.17) is 0 Å². The van der Waals surface area contributed by atoms with Crippen molar-refractivity contribution in [3.63, 3.8) is 0 Å². The lowest BCUT2D eigenvalue weighted by Crippen LogP contribution is -2.38. The van der Waals surface area contributed by atoms with Gasteiger partial charge < -0.3 is 10.6 Å². The molecule has 0 atom stereocenters. The average Bonchev–Trinajstić information content (AvgIpc) is 2.92. The zero-order chi connectivity index (χ0) is 27.1. The van der Waals surface area contributed by atoms with Gasteiger partial charge in [-0.05, 0) is 55.8 Å². The number of sulfonamides is 1. The van der Waals surface area contributed by atoms with Crippen molar-refractivity contribution in [3.05, 3.63) is 125 Å². The number of amides is 2. The lowest BCUT2D eigenvalue weighted by molar-refractivity contribution is -0.114. The second-order valence-corrected chi connectivity index (χ2v) is 10.8. The number of carbonyl (C=O) groups is 2. The fourth-order valence-electron chi connectivity index (χ4n) is 3.85. The van der Waals surface area contributed by atoms with Gasteiger partial charge in [0.15, 0.2) is 0 Å². The van der Waals surface area contributed by atoms with Crippen LogP contribution in [-0.4, -0.2) is 26.8 Å². The maximum Gasteiger partial charge on any atom is 0.264 e. The lowest BCUT2D eigenvalue weighted by Gasteiger charge is -2.24. The Balaban J connectivity index is 1.56. The van der Waals surface area contributed by atoms with Gasteiger partial charge in [0.1, 0.15) is 6.54 Å². The Bertz CT molecular complexity index is 1520. The minimum absolute atomic E-state index is 0.0807. The number of nitrogens with one attached hydrogen (secondary N) is 2. The normalized spacial score (nSPS) is 11.0.